The molecule has 0 saturated carbocycles. The molecule has 0 saturated heterocycles. The lowest BCUT2D eigenvalue weighted by atomic mass is 10.0. The Morgan fingerprint density at radius 1 is 0.792 bits per heavy atom. The molecule has 12 heteroatoms. The maximum absolute atomic E-state index is 13.8. The fourth-order valence-corrected chi connectivity index (χ4v) is 5.59. The molecule has 1 amide bonds. The van der Waals surface area contributed by atoms with Crippen LogP contribution in [0.4, 0.5) is 13.2 Å². The number of imidazole rings is 1. The van der Waals surface area contributed by atoms with Gasteiger partial charge in [-0.2, -0.15) is 13.2 Å². The van der Waals surface area contributed by atoms with E-state index in [9.17, 15) is 18.0 Å². The number of rotatable bonds is 14. The van der Waals surface area contributed by atoms with Crippen molar-refractivity contribution < 1.29 is 27.4 Å². The fraction of sp³-hybridized carbons (Fsp3) is 0.222. The number of hydrogen-bond donors (Lipinski definition) is 2. The molecule has 3 N–H and O–H groups in total. The summed E-state index contributed by atoms with van der Waals surface area (Å²) in [6.07, 6.45) is -4.52. The van der Waals surface area contributed by atoms with Gasteiger partial charge in [-0.05, 0) is 54.1 Å². The van der Waals surface area contributed by atoms with Crippen LogP contribution in [0.25, 0.3) is 33.9 Å². The zero-order chi connectivity index (χ0) is 34.1. The third kappa shape index (κ3) is 9.20. The average Bonchev–Trinajstić information content (AvgIpc) is 3.45. The molecule has 5 rings (SSSR count). The standard InChI is InChI=1S/C36H33Br2F3N4O3/c37-30-12-8-25(9-13-30)32-33(26-10-14-31(38)15-11-26)45(34(44-32)28-2-1-3-29(22-28)36(39,40)41)23-24-4-6-27(7-5-24)35(46)43-17-19-48-21-20-47-18-16-42/h1-15,22H,16-21,23,42H2,(H,43,46). The number of carbonyl (C=O) groups excluding carboxylic acids is 1. The van der Waals surface area contributed by atoms with Crippen LogP contribution in [0.1, 0.15) is 21.5 Å². The van der Waals surface area contributed by atoms with Crippen molar-refractivity contribution in [2.45, 2.75) is 12.7 Å². The van der Waals surface area contributed by atoms with E-state index in [1.165, 1.54) is 6.07 Å². The molecule has 0 radical (unpaired) electrons. The summed E-state index contributed by atoms with van der Waals surface area (Å²) in [6.45, 7) is 2.73. The lowest BCUT2D eigenvalue weighted by Gasteiger charge is -2.15. The van der Waals surface area contributed by atoms with Gasteiger partial charge in [0.15, 0.2) is 0 Å². The Hall–Kier alpha value is -3.81. The van der Waals surface area contributed by atoms with E-state index in [2.05, 4.69) is 37.2 Å². The highest BCUT2D eigenvalue weighted by molar-refractivity contribution is 9.10. The normalized spacial score (nSPS) is 11.5. The first-order valence-corrected chi connectivity index (χ1v) is 16.8. The van der Waals surface area contributed by atoms with Gasteiger partial charge in [-0.25, -0.2) is 4.98 Å². The molecule has 1 heterocycles. The third-order valence-corrected chi connectivity index (χ3v) is 8.43. The maximum atomic E-state index is 13.8. The van der Waals surface area contributed by atoms with E-state index in [1.54, 1.807) is 18.2 Å². The molecule has 1 aromatic heterocycles. The lowest BCUT2D eigenvalue weighted by molar-refractivity contribution is -0.137. The van der Waals surface area contributed by atoms with Crippen LogP contribution < -0.4 is 11.1 Å². The van der Waals surface area contributed by atoms with Gasteiger partial charge in [0.1, 0.15) is 5.82 Å². The first-order valence-electron chi connectivity index (χ1n) is 15.2. The quantitative estimate of drug-likeness (QED) is 0.111. The topological polar surface area (TPSA) is 91.4 Å². The Kier molecular flexibility index (Phi) is 12.2. The second-order valence-corrected chi connectivity index (χ2v) is 12.6. The maximum Gasteiger partial charge on any atom is 0.416 e. The Bertz CT molecular complexity index is 1810. The number of nitrogens with one attached hydrogen (secondary N) is 1. The van der Waals surface area contributed by atoms with Gasteiger partial charge in [0.05, 0.1) is 43.4 Å². The highest BCUT2D eigenvalue weighted by atomic mass is 79.9. The molecule has 0 aliphatic rings. The number of aromatic nitrogens is 2. The Labute approximate surface area is 293 Å². The molecule has 48 heavy (non-hydrogen) atoms. The molecule has 4 aromatic carbocycles. The zero-order valence-electron chi connectivity index (χ0n) is 25.8. The predicted molar refractivity (Wildman–Crippen MR) is 188 cm³/mol. The number of alkyl halides is 3. The number of amides is 1. The van der Waals surface area contributed by atoms with Crippen molar-refractivity contribution in [3.8, 4) is 33.9 Å². The van der Waals surface area contributed by atoms with Crippen molar-refractivity contribution in [2.24, 2.45) is 5.73 Å². The van der Waals surface area contributed by atoms with E-state index >= 15 is 0 Å². The van der Waals surface area contributed by atoms with E-state index in [4.69, 9.17) is 20.2 Å². The van der Waals surface area contributed by atoms with E-state index in [0.29, 0.717) is 62.2 Å². The Morgan fingerprint density at radius 3 is 2.04 bits per heavy atom. The van der Waals surface area contributed by atoms with Crippen molar-refractivity contribution in [3.05, 3.63) is 123 Å². The Morgan fingerprint density at radius 2 is 1.42 bits per heavy atom. The lowest BCUT2D eigenvalue weighted by Crippen LogP contribution is -2.27. The smallest absolute Gasteiger partial charge is 0.378 e. The minimum Gasteiger partial charge on any atom is -0.378 e. The first kappa shape index (κ1) is 35.5. The first-order chi connectivity index (χ1) is 23.1. The number of ether oxygens (including phenoxy) is 2. The second-order valence-electron chi connectivity index (χ2n) is 10.8. The molecular weight excluding hydrogens is 753 g/mol. The summed E-state index contributed by atoms with van der Waals surface area (Å²) in [5.41, 5.74) is 9.27. The molecule has 0 spiro atoms. The van der Waals surface area contributed by atoms with Gasteiger partial charge in [0.25, 0.3) is 5.91 Å². The number of benzene rings is 4. The number of hydrogen-bond acceptors (Lipinski definition) is 5. The van der Waals surface area contributed by atoms with E-state index in [0.717, 1.165) is 43.5 Å². The fourth-order valence-electron chi connectivity index (χ4n) is 5.06. The van der Waals surface area contributed by atoms with Crippen molar-refractivity contribution in [3.63, 3.8) is 0 Å². The molecule has 0 atom stereocenters. The van der Waals surface area contributed by atoms with Crippen molar-refractivity contribution in [1.29, 1.82) is 0 Å². The van der Waals surface area contributed by atoms with E-state index in [1.807, 2.05) is 65.2 Å². The van der Waals surface area contributed by atoms with Crippen molar-refractivity contribution >= 4 is 37.8 Å². The van der Waals surface area contributed by atoms with E-state index < -0.39 is 11.7 Å². The van der Waals surface area contributed by atoms with Crippen LogP contribution in [-0.2, 0) is 22.2 Å². The summed E-state index contributed by atoms with van der Waals surface area (Å²) in [6, 6.07) is 27.7. The van der Waals surface area contributed by atoms with Crippen LogP contribution in [0.3, 0.4) is 0 Å². The van der Waals surface area contributed by atoms with Gasteiger partial charge in [0, 0.05) is 50.8 Å². The minimum absolute atomic E-state index is 0.245. The summed E-state index contributed by atoms with van der Waals surface area (Å²) >= 11 is 6.98. The van der Waals surface area contributed by atoms with Gasteiger partial charge in [-0.3, -0.25) is 4.79 Å². The number of carbonyl (C=O) groups is 1. The molecule has 5 aromatic rings. The van der Waals surface area contributed by atoms with Gasteiger partial charge < -0.3 is 25.1 Å². The molecule has 0 fully saturated rings. The Balaban J connectivity index is 1.48. The summed E-state index contributed by atoms with van der Waals surface area (Å²) in [4.78, 5) is 17.8. The second kappa shape index (κ2) is 16.5. The molecule has 0 aliphatic heterocycles. The van der Waals surface area contributed by atoms with Crippen LogP contribution in [0, 0.1) is 0 Å². The summed E-state index contributed by atoms with van der Waals surface area (Å²) in [5.74, 6) is 0.136. The molecule has 0 bridgehead atoms. The third-order valence-electron chi connectivity index (χ3n) is 7.37. The average molecular weight is 786 g/mol. The van der Waals surface area contributed by atoms with Crippen LogP contribution in [-0.4, -0.2) is 55.0 Å². The van der Waals surface area contributed by atoms with Crippen LogP contribution in [0.2, 0.25) is 0 Å². The molecular formula is C36H33Br2F3N4O3. The van der Waals surface area contributed by atoms with Crippen LogP contribution in [0.15, 0.2) is 106 Å². The summed E-state index contributed by atoms with van der Waals surface area (Å²) < 4.78 is 55.9. The number of halogens is 5. The van der Waals surface area contributed by atoms with Crippen LogP contribution >= 0.6 is 31.9 Å². The van der Waals surface area contributed by atoms with Crippen molar-refractivity contribution in [1.82, 2.24) is 14.9 Å². The SMILES string of the molecule is NCCOCCOCCNC(=O)c1ccc(Cn2c(-c3cccc(C(F)(F)F)c3)nc(-c3ccc(Br)cc3)c2-c2ccc(Br)cc2)cc1. The zero-order valence-corrected chi connectivity index (χ0v) is 28.9. The summed E-state index contributed by atoms with van der Waals surface area (Å²) in [5, 5.41) is 2.84. The highest BCUT2D eigenvalue weighted by Gasteiger charge is 2.31. The van der Waals surface area contributed by atoms with Crippen LogP contribution in [0.5, 0.6) is 0 Å². The van der Waals surface area contributed by atoms with Gasteiger partial charge in [-0.15, -0.1) is 0 Å². The molecule has 250 valence electrons. The highest BCUT2D eigenvalue weighted by Crippen LogP contribution is 2.39. The largest absolute Gasteiger partial charge is 0.416 e. The van der Waals surface area contributed by atoms with Gasteiger partial charge in [-0.1, -0.05) is 80.4 Å². The summed E-state index contributed by atoms with van der Waals surface area (Å²) in [7, 11) is 0. The predicted octanol–water partition coefficient (Wildman–Crippen LogP) is 8.20. The molecule has 7 nitrogen and oxygen atoms in total. The minimum atomic E-state index is -4.52. The number of nitrogens with two attached hydrogens (primary N) is 1. The van der Waals surface area contributed by atoms with Crippen molar-refractivity contribution in [2.75, 3.05) is 39.5 Å². The molecule has 0 unspecified atom stereocenters. The van der Waals surface area contributed by atoms with Gasteiger partial charge in [0.2, 0.25) is 0 Å². The molecule has 0 aliphatic carbocycles. The van der Waals surface area contributed by atoms with Gasteiger partial charge >= 0.3 is 6.18 Å². The number of nitrogens with zero attached hydrogens (tertiary/aromatic N) is 2. The monoisotopic (exact) mass is 784 g/mol. The van der Waals surface area contributed by atoms with E-state index in [-0.39, 0.29) is 12.5 Å².